The van der Waals surface area contributed by atoms with E-state index in [1.165, 1.54) is 0 Å². The normalized spacial score (nSPS) is 12.4. The minimum absolute atomic E-state index is 0.129. The van der Waals surface area contributed by atoms with E-state index in [0.717, 1.165) is 49.9 Å². The van der Waals surface area contributed by atoms with Gasteiger partial charge in [-0.15, -0.1) is 0 Å². The third-order valence-electron chi connectivity index (χ3n) is 5.56. The summed E-state index contributed by atoms with van der Waals surface area (Å²) in [5, 5.41) is 7.34. The van der Waals surface area contributed by atoms with E-state index in [4.69, 9.17) is 9.97 Å². The summed E-state index contributed by atoms with van der Waals surface area (Å²) >= 11 is 3.94. The van der Waals surface area contributed by atoms with Crippen molar-refractivity contribution in [2.75, 3.05) is 10.6 Å². The molecule has 0 saturated heterocycles. The van der Waals surface area contributed by atoms with Gasteiger partial charge in [-0.1, -0.05) is 30.3 Å². The maximum Gasteiger partial charge on any atom is 0.139 e. The highest BCUT2D eigenvalue weighted by Crippen LogP contribution is 2.42. The van der Waals surface area contributed by atoms with Crippen LogP contribution in [0.15, 0.2) is 71.5 Å². The van der Waals surface area contributed by atoms with Gasteiger partial charge in [-0.2, -0.15) is 0 Å². The first-order valence-corrected chi connectivity index (χ1v) is 12.6. The van der Waals surface area contributed by atoms with Gasteiger partial charge in [0.25, 0.3) is 0 Å². The lowest BCUT2D eigenvalue weighted by Crippen LogP contribution is -2.27. The van der Waals surface area contributed by atoms with E-state index in [2.05, 4.69) is 95.1 Å². The van der Waals surface area contributed by atoms with Gasteiger partial charge < -0.3 is 10.6 Å². The van der Waals surface area contributed by atoms with Gasteiger partial charge in [0.1, 0.15) is 34.3 Å². The summed E-state index contributed by atoms with van der Waals surface area (Å²) in [6.07, 6.45) is 4.09. The molecule has 4 heterocycles. The van der Waals surface area contributed by atoms with Crippen molar-refractivity contribution in [1.29, 1.82) is 0 Å². The molecule has 1 aromatic carbocycles. The molecule has 5 rings (SSSR count). The second kappa shape index (κ2) is 8.41. The largest absolute Gasteiger partial charge is 0.365 e. The molecule has 0 aliphatic carbocycles. The van der Waals surface area contributed by atoms with Crippen LogP contribution in [0.5, 0.6) is 0 Å². The summed E-state index contributed by atoms with van der Waals surface area (Å²) in [5.74, 6) is 1.93. The lowest BCUT2D eigenvalue weighted by molar-refractivity contribution is 0.629. The van der Waals surface area contributed by atoms with Crippen LogP contribution in [-0.2, 0) is 0 Å². The molecule has 0 aliphatic heterocycles. The van der Waals surface area contributed by atoms with Gasteiger partial charge >= 0.3 is 0 Å². The highest BCUT2D eigenvalue weighted by molar-refractivity contribution is 9.10. The lowest BCUT2D eigenvalue weighted by atomic mass is 10.0. The van der Waals surface area contributed by atoms with Crippen LogP contribution in [0.2, 0.25) is 0 Å². The summed E-state index contributed by atoms with van der Waals surface area (Å²) in [6.45, 7) is 13.0. The number of imidazole rings is 2. The molecule has 0 fully saturated rings. The average molecular weight is 532 g/mol. The van der Waals surface area contributed by atoms with Gasteiger partial charge in [-0.3, -0.25) is 8.80 Å². The lowest BCUT2D eigenvalue weighted by Gasteiger charge is -2.23. The number of rotatable bonds is 4. The number of fused-ring (bicyclic) bond motifs is 2. The maximum atomic E-state index is 5.02. The Morgan fingerprint density at radius 3 is 1.46 bits per heavy atom. The Morgan fingerprint density at radius 2 is 1.06 bits per heavy atom. The van der Waals surface area contributed by atoms with Crippen LogP contribution in [0.25, 0.3) is 33.8 Å². The van der Waals surface area contributed by atoms with Crippen molar-refractivity contribution in [3.63, 3.8) is 0 Å². The molecular weight excluding hydrogens is 500 g/mol. The van der Waals surface area contributed by atoms with Crippen LogP contribution in [-0.4, -0.2) is 29.8 Å². The van der Waals surface area contributed by atoms with E-state index in [0.29, 0.717) is 0 Å². The predicted octanol–water partition coefficient (Wildman–Crippen LogP) is 7.50. The van der Waals surface area contributed by atoms with E-state index in [-0.39, 0.29) is 11.1 Å². The second-order valence-corrected chi connectivity index (χ2v) is 11.7. The minimum atomic E-state index is -0.129. The Bertz CT molecular complexity index is 1420. The maximum absolute atomic E-state index is 5.02. The summed E-state index contributed by atoms with van der Waals surface area (Å²) in [6, 6.07) is 18.4. The Morgan fingerprint density at radius 1 is 0.629 bits per heavy atom. The number of anilines is 2. The van der Waals surface area contributed by atoms with E-state index >= 15 is 0 Å². The first-order valence-electron chi connectivity index (χ1n) is 11.8. The molecule has 5 aromatic rings. The second-order valence-electron chi connectivity index (χ2n) is 10.9. The predicted molar refractivity (Wildman–Crippen MR) is 149 cm³/mol. The van der Waals surface area contributed by atoms with Crippen LogP contribution in [0.1, 0.15) is 41.5 Å². The van der Waals surface area contributed by atoms with Gasteiger partial charge in [0.2, 0.25) is 0 Å². The topological polar surface area (TPSA) is 58.7 Å². The summed E-state index contributed by atoms with van der Waals surface area (Å²) < 4.78 is 5.18. The highest BCUT2D eigenvalue weighted by Gasteiger charge is 2.25. The minimum Gasteiger partial charge on any atom is -0.365 e. The standard InChI is InChI=1S/C28H31BrN6/c1-27(2,3)32-25-23(30-20-14-7-9-16-34(20)25)18-12-11-13-19(22(18)29)24-26(33-28(4,5)6)35-17-10-8-15-21(35)31-24/h7-17,32-33H,1-6H3. The zero-order chi connectivity index (χ0) is 25.0. The SMILES string of the molecule is CC(C)(C)Nc1c(-c2cccc(-c3nc4ccccn4c3NC(C)(C)C)c2Br)nc2ccccn12. The van der Waals surface area contributed by atoms with Crippen LogP contribution < -0.4 is 10.6 Å². The van der Waals surface area contributed by atoms with Crippen LogP contribution in [0, 0.1) is 0 Å². The van der Waals surface area contributed by atoms with Crippen molar-refractivity contribution in [3.8, 4) is 22.5 Å². The van der Waals surface area contributed by atoms with Gasteiger partial charge in [0, 0.05) is 39.1 Å². The molecule has 0 unspecified atom stereocenters. The molecule has 180 valence electrons. The third kappa shape index (κ3) is 4.52. The Kier molecular flexibility index (Phi) is 5.63. The Balaban J connectivity index is 1.74. The molecular formula is C28H31BrN6. The number of pyridine rings is 2. The zero-order valence-corrected chi connectivity index (χ0v) is 22.6. The van der Waals surface area contributed by atoms with Gasteiger partial charge in [0.15, 0.2) is 0 Å². The van der Waals surface area contributed by atoms with E-state index in [1.54, 1.807) is 0 Å². The first-order chi connectivity index (χ1) is 16.5. The molecule has 0 bridgehead atoms. The Labute approximate surface area is 214 Å². The molecule has 0 aliphatic rings. The van der Waals surface area contributed by atoms with Gasteiger partial charge in [-0.05, 0) is 81.7 Å². The van der Waals surface area contributed by atoms with Crippen molar-refractivity contribution in [1.82, 2.24) is 18.8 Å². The molecule has 35 heavy (non-hydrogen) atoms. The smallest absolute Gasteiger partial charge is 0.139 e. The quantitative estimate of drug-likeness (QED) is 0.252. The van der Waals surface area contributed by atoms with E-state index in [9.17, 15) is 0 Å². The van der Waals surface area contributed by atoms with E-state index < -0.39 is 0 Å². The molecule has 0 spiro atoms. The highest BCUT2D eigenvalue weighted by atomic mass is 79.9. The summed E-state index contributed by atoms with van der Waals surface area (Å²) in [7, 11) is 0. The molecule has 4 aromatic heterocycles. The average Bonchev–Trinajstić information content (AvgIpc) is 3.31. The molecule has 2 N–H and O–H groups in total. The summed E-state index contributed by atoms with van der Waals surface area (Å²) in [5.41, 5.74) is 5.35. The first kappa shape index (κ1) is 23.4. The Hall–Kier alpha value is -3.32. The zero-order valence-electron chi connectivity index (χ0n) is 21.0. The fourth-order valence-electron chi connectivity index (χ4n) is 4.21. The number of benzene rings is 1. The van der Waals surface area contributed by atoms with Gasteiger partial charge in [-0.25, -0.2) is 9.97 Å². The van der Waals surface area contributed by atoms with Crippen molar-refractivity contribution in [2.45, 2.75) is 52.6 Å². The number of aromatic nitrogens is 4. The van der Waals surface area contributed by atoms with Crippen molar-refractivity contribution in [3.05, 3.63) is 71.5 Å². The molecule has 6 nitrogen and oxygen atoms in total. The molecule has 7 heteroatoms. The summed E-state index contributed by atoms with van der Waals surface area (Å²) in [4.78, 5) is 10.0. The molecule has 0 radical (unpaired) electrons. The third-order valence-corrected chi connectivity index (χ3v) is 6.41. The van der Waals surface area contributed by atoms with E-state index in [1.807, 2.05) is 48.8 Å². The van der Waals surface area contributed by atoms with Crippen molar-refractivity contribution in [2.24, 2.45) is 0 Å². The van der Waals surface area contributed by atoms with Gasteiger partial charge in [0.05, 0.1) is 0 Å². The number of nitrogens with one attached hydrogen (secondary N) is 2. The molecule has 0 saturated carbocycles. The van der Waals surface area contributed by atoms with Crippen LogP contribution >= 0.6 is 15.9 Å². The fourth-order valence-corrected chi connectivity index (χ4v) is 4.85. The molecule has 0 amide bonds. The van der Waals surface area contributed by atoms with Crippen molar-refractivity contribution >= 4 is 38.9 Å². The number of hydrogen-bond acceptors (Lipinski definition) is 4. The van der Waals surface area contributed by atoms with Crippen LogP contribution in [0.3, 0.4) is 0 Å². The number of nitrogens with zero attached hydrogens (tertiary/aromatic N) is 4. The fraction of sp³-hybridized carbons (Fsp3) is 0.286. The number of hydrogen-bond donors (Lipinski definition) is 2. The van der Waals surface area contributed by atoms with Crippen LogP contribution in [0.4, 0.5) is 11.6 Å². The van der Waals surface area contributed by atoms with Crippen molar-refractivity contribution < 1.29 is 0 Å². The molecule has 0 atom stereocenters. The number of halogens is 1. The monoisotopic (exact) mass is 530 g/mol.